The molecule has 0 amide bonds. The highest BCUT2D eigenvalue weighted by Gasteiger charge is 2.21. The van der Waals surface area contributed by atoms with Crippen LogP contribution < -0.4 is 5.32 Å². The summed E-state index contributed by atoms with van der Waals surface area (Å²) in [5.41, 5.74) is 2.84. The number of hydrogen-bond acceptors (Lipinski definition) is 5. The van der Waals surface area contributed by atoms with Gasteiger partial charge in [0.2, 0.25) is 5.95 Å². The molecule has 1 aliphatic heterocycles. The Kier molecular flexibility index (Phi) is 4.84. The lowest BCUT2D eigenvalue weighted by molar-refractivity contribution is 0.208. The maximum absolute atomic E-state index is 9.22. The second kappa shape index (κ2) is 7.21. The van der Waals surface area contributed by atoms with Gasteiger partial charge in [0.15, 0.2) is 0 Å². The van der Waals surface area contributed by atoms with E-state index in [0.717, 1.165) is 49.3 Å². The fourth-order valence-corrected chi connectivity index (χ4v) is 3.03. The van der Waals surface area contributed by atoms with Gasteiger partial charge in [0.25, 0.3) is 0 Å². The third kappa shape index (κ3) is 4.05. The van der Waals surface area contributed by atoms with Gasteiger partial charge in [0.05, 0.1) is 11.6 Å². The predicted octanol–water partition coefficient (Wildman–Crippen LogP) is 2.73. The number of rotatable bonds is 4. The van der Waals surface area contributed by atoms with Crippen LogP contribution in [-0.4, -0.2) is 34.0 Å². The molecule has 118 valence electrons. The van der Waals surface area contributed by atoms with Crippen LogP contribution >= 0.6 is 0 Å². The lowest BCUT2D eigenvalue weighted by Crippen LogP contribution is -2.42. The number of nitrogens with zero attached hydrogens (tertiary/aromatic N) is 4. The Morgan fingerprint density at radius 2 is 2.22 bits per heavy atom. The zero-order valence-corrected chi connectivity index (χ0v) is 13.4. The summed E-state index contributed by atoms with van der Waals surface area (Å²) in [5.74, 6) is 0.703. The average molecular weight is 307 g/mol. The first-order chi connectivity index (χ1) is 11.2. The summed E-state index contributed by atoms with van der Waals surface area (Å²) in [4.78, 5) is 11.1. The van der Waals surface area contributed by atoms with Crippen LogP contribution in [0, 0.1) is 18.3 Å². The van der Waals surface area contributed by atoms with Crippen molar-refractivity contribution in [1.29, 1.82) is 5.26 Å². The average Bonchev–Trinajstić information content (AvgIpc) is 2.56. The minimum absolute atomic E-state index is 0.347. The Morgan fingerprint density at radius 1 is 1.35 bits per heavy atom. The Labute approximate surface area is 137 Å². The first-order valence-corrected chi connectivity index (χ1v) is 8.01. The molecule has 1 N–H and O–H groups in total. The van der Waals surface area contributed by atoms with Crippen LogP contribution in [0.15, 0.2) is 36.5 Å². The van der Waals surface area contributed by atoms with Crippen molar-refractivity contribution in [3.63, 3.8) is 0 Å². The van der Waals surface area contributed by atoms with Gasteiger partial charge in [0, 0.05) is 31.0 Å². The molecule has 0 aliphatic carbocycles. The van der Waals surface area contributed by atoms with Crippen LogP contribution in [-0.2, 0) is 6.54 Å². The van der Waals surface area contributed by atoms with E-state index in [4.69, 9.17) is 0 Å². The Bertz CT molecular complexity index is 707. The zero-order chi connectivity index (χ0) is 16.1. The molecular formula is C18H21N5. The third-order valence-corrected chi connectivity index (χ3v) is 4.17. The molecule has 1 unspecified atom stereocenters. The summed E-state index contributed by atoms with van der Waals surface area (Å²) in [6.07, 6.45) is 4.04. The van der Waals surface area contributed by atoms with Crippen LogP contribution in [0.25, 0.3) is 0 Å². The second-order valence-corrected chi connectivity index (χ2v) is 6.01. The molecule has 1 aromatic heterocycles. The number of aromatic nitrogens is 2. The minimum atomic E-state index is 0.347. The van der Waals surface area contributed by atoms with Gasteiger partial charge in [-0.1, -0.05) is 18.2 Å². The topological polar surface area (TPSA) is 64.8 Å². The molecule has 3 rings (SSSR count). The van der Waals surface area contributed by atoms with Crippen LogP contribution in [0.4, 0.5) is 5.95 Å². The lowest BCUT2D eigenvalue weighted by atomic mass is 10.0. The van der Waals surface area contributed by atoms with Gasteiger partial charge in [-0.3, -0.25) is 4.90 Å². The largest absolute Gasteiger partial charge is 0.350 e. The maximum atomic E-state index is 9.22. The van der Waals surface area contributed by atoms with Crippen LogP contribution in [0.1, 0.15) is 29.7 Å². The molecule has 1 aliphatic rings. The summed E-state index contributed by atoms with van der Waals surface area (Å²) < 4.78 is 0. The molecular weight excluding hydrogens is 286 g/mol. The predicted molar refractivity (Wildman–Crippen MR) is 89.8 cm³/mol. The van der Waals surface area contributed by atoms with E-state index >= 15 is 0 Å². The van der Waals surface area contributed by atoms with Crippen LogP contribution in [0.2, 0.25) is 0 Å². The number of aryl methyl sites for hydroxylation is 1. The number of nitriles is 1. The number of likely N-dealkylation sites (tertiary alicyclic amines) is 1. The van der Waals surface area contributed by atoms with Gasteiger partial charge < -0.3 is 5.32 Å². The normalized spacial score (nSPS) is 18.3. The Balaban J connectivity index is 1.63. The molecule has 1 atom stereocenters. The lowest BCUT2D eigenvalue weighted by Gasteiger charge is -2.33. The second-order valence-electron chi connectivity index (χ2n) is 6.01. The van der Waals surface area contributed by atoms with E-state index < -0.39 is 0 Å². The first kappa shape index (κ1) is 15.4. The van der Waals surface area contributed by atoms with Crippen molar-refractivity contribution in [2.24, 2.45) is 0 Å². The van der Waals surface area contributed by atoms with Gasteiger partial charge in [-0.2, -0.15) is 5.26 Å². The maximum Gasteiger partial charge on any atom is 0.223 e. The van der Waals surface area contributed by atoms with E-state index in [1.807, 2.05) is 37.3 Å². The van der Waals surface area contributed by atoms with Crippen molar-refractivity contribution in [2.75, 3.05) is 18.4 Å². The molecule has 0 bridgehead atoms. The van der Waals surface area contributed by atoms with E-state index in [-0.39, 0.29) is 0 Å². The van der Waals surface area contributed by atoms with E-state index in [2.05, 4.69) is 26.3 Å². The van der Waals surface area contributed by atoms with Crippen molar-refractivity contribution in [3.8, 4) is 6.07 Å². The summed E-state index contributed by atoms with van der Waals surface area (Å²) in [6.45, 7) is 4.79. The molecule has 0 saturated carbocycles. The van der Waals surface area contributed by atoms with E-state index in [0.29, 0.717) is 12.0 Å². The van der Waals surface area contributed by atoms with Crippen LogP contribution in [0.5, 0.6) is 0 Å². The van der Waals surface area contributed by atoms with Crippen LogP contribution in [0.3, 0.4) is 0 Å². The molecule has 1 fully saturated rings. The SMILES string of the molecule is Cc1ccnc(NC2CCCN(Cc3ccccc3C#N)C2)n1. The highest BCUT2D eigenvalue weighted by Crippen LogP contribution is 2.18. The molecule has 5 nitrogen and oxygen atoms in total. The van der Waals surface area contributed by atoms with Crippen molar-refractivity contribution in [1.82, 2.24) is 14.9 Å². The zero-order valence-electron chi connectivity index (χ0n) is 13.4. The number of hydrogen-bond donors (Lipinski definition) is 1. The van der Waals surface area contributed by atoms with E-state index in [9.17, 15) is 5.26 Å². The van der Waals surface area contributed by atoms with Gasteiger partial charge in [-0.25, -0.2) is 9.97 Å². The van der Waals surface area contributed by atoms with Crippen molar-refractivity contribution < 1.29 is 0 Å². The summed E-state index contributed by atoms with van der Waals surface area (Å²) in [5, 5.41) is 12.7. The van der Waals surface area contributed by atoms with Crippen molar-refractivity contribution in [2.45, 2.75) is 32.4 Å². The summed E-state index contributed by atoms with van der Waals surface area (Å²) >= 11 is 0. The van der Waals surface area contributed by atoms with E-state index in [1.165, 1.54) is 0 Å². The standard InChI is InChI=1S/C18H21N5/c1-14-8-9-20-18(21-14)22-17-7-4-10-23(13-17)12-16-6-3-2-5-15(16)11-19/h2-3,5-6,8-9,17H,4,7,10,12-13H2,1H3,(H,20,21,22). The molecule has 0 radical (unpaired) electrons. The quantitative estimate of drug-likeness (QED) is 0.941. The summed E-state index contributed by atoms with van der Waals surface area (Å²) in [7, 11) is 0. The number of anilines is 1. The Hall–Kier alpha value is -2.45. The molecule has 2 aromatic rings. The molecule has 23 heavy (non-hydrogen) atoms. The smallest absolute Gasteiger partial charge is 0.223 e. The van der Waals surface area contributed by atoms with Gasteiger partial charge in [0.1, 0.15) is 0 Å². The monoisotopic (exact) mass is 307 g/mol. The number of nitrogens with one attached hydrogen (secondary N) is 1. The molecule has 1 saturated heterocycles. The number of piperidine rings is 1. The molecule has 1 aromatic carbocycles. The highest BCUT2D eigenvalue weighted by atomic mass is 15.2. The Morgan fingerprint density at radius 3 is 3.04 bits per heavy atom. The first-order valence-electron chi connectivity index (χ1n) is 8.01. The number of benzene rings is 1. The summed E-state index contributed by atoms with van der Waals surface area (Å²) in [6, 6.07) is 12.4. The third-order valence-electron chi connectivity index (χ3n) is 4.17. The molecule has 0 spiro atoms. The fraction of sp³-hybridized carbons (Fsp3) is 0.389. The molecule has 5 heteroatoms. The van der Waals surface area contributed by atoms with Crippen molar-refractivity contribution >= 4 is 5.95 Å². The van der Waals surface area contributed by atoms with Gasteiger partial charge >= 0.3 is 0 Å². The molecule has 2 heterocycles. The van der Waals surface area contributed by atoms with Gasteiger partial charge in [-0.05, 0) is 44.0 Å². The fourth-order valence-electron chi connectivity index (χ4n) is 3.03. The highest BCUT2D eigenvalue weighted by molar-refractivity contribution is 5.37. The van der Waals surface area contributed by atoms with Gasteiger partial charge in [-0.15, -0.1) is 0 Å². The van der Waals surface area contributed by atoms with Crippen molar-refractivity contribution in [3.05, 3.63) is 53.3 Å². The van der Waals surface area contributed by atoms with E-state index in [1.54, 1.807) is 6.20 Å². The minimum Gasteiger partial charge on any atom is -0.350 e.